The fourth-order valence-electron chi connectivity index (χ4n) is 2.00. The standard InChI is InChI=1S/C16H19NOS/c1-13-7-5-6-10-15(13)11-19(18)12-16(17)14-8-3-2-4-9-14/h2-10,16H,11-12,17H2,1H3. The van der Waals surface area contributed by atoms with Crippen LogP contribution in [0.1, 0.15) is 22.7 Å². The van der Waals surface area contributed by atoms with Gasteiger partial charge in [0.15, 0.2) is 0 Å². The van der Waals surface area contributed by atoms with Crippen molar-refractivity contribution in [2.75, 3.05) is 5.75 Å². The second-order valence-electron chi connectivity index (χ2n) is 4.69. The third-order valence-electron chi connectivity index (χ3n) is 3.17. The second-order valence-corrected chi connectivity index (χ2v) is 6.20. The van der Waals surface area contributed by atoms with Crippen LogP contribution in [-0.2, 0) is 16.6 Å². The summed E-state index contributed by atoms with van der Waals surface area (Å²) in [6.07, 6.45) is 0. The van der Waals surface area contributed by atoms with E-state index in [4.69, 9.17) is 5.73 Å². The molecule has 0 fully saturated rings. The van der Waals surface area contributed by atoms with Gasteiger partial charge in [0.1, 0.15) is 0 Å². The average molecular weight is 273 g/mol. The smallest absolute Gasteiger partial charge is 0.0489 e. The van der Waals surface area contributed by atoms with E-state index in [1.54, 1.807) is 0 Å². The Hall–Kier alpha value is -1.45. The van der Waals surface area contributed by atoms with Crippen LogP contribution in [-0.4, -0.2) is 9.96 Å². The van der Waals surface area contributed by atoms with Crippen LogP contribution in [0.4, 0.5) is 0 Å². The van der Waals surface area contributed by atoms with Crippen LogP contribution < -0.4 is 5.73 Å². The topological polar surface area (TPSA) is 43.1 Å². The van der Waals surface area contributed by atoms with Crippen molar-refractivity contribution in [3.05, 3.63) is 71.3 Å². The van der Waals surface area contributed by atoms with Gasteiger partial charge < -0.3 is 5.73 Å². The fraction of sp³-hybridized carbons (Fsp3) is 0.250. The van der Waals surface area contributed by atoms with E-state index in [0.717, 1.165) is 11.1 Å². The van der Waals surface area contributed by atoms with Crippen LogP contribution in [0.2, 0.25) is 0 Å². The number of rotatable bonds is 5. The maximum atomic E-state index is 12.2. The van der Waals surface area contributed by atoms with Gasteiger partial charge in [-0.25, -0.2) is 0 Å². The molecular weight excluding hydrogens is 254 g/mol. The van der Waals surface area contributed by atoms with Crippen LogP contribution in [0.3, 0.4) is 0 Å². The van der Waals surface area contributed by atoms with Crippen molar-refractivity contribution in [3.63, 3.8) is 0 Å². The number of benzene rings is 2. The predicted octanol–water partition coefficient (Wildman–Crippen LogP) is 2.94. The highest BCUT2D eigenvalue weighted by Gasteiger charge is 2.11. The molecule has 0 saturated heterocycles. The van der Waals surface area contributed by atoms with Gasteiger partial charge in [0.2, 0.25) is 0 Å². The molecule has 0 aliphatic rings. The summed E-state index contributed by atoms with van der Waals surface area (Å²) >= 11 is 0. The van der Waals surface area contributed by atoms with Crippen molar-refractivity contribution in [1.29, 1.82) is 0 Å². The summed E-state index contributed by atoms with van der Waals surface area (Å²) < 4.78 is 12.2. The molecule has 2 nitrogen and oxygen atoms in total. The predicted molar refractivity (Wildman–Crippen MR) is 81.3 cm³/mol. The molecular formula is C16H19NOS. The molecule has 100 valence electrons. The summed E-state index contributed by atoms with van der Waals surface area (Å²) in [6.45, 7) is 2.05. The highest BCUT2D eigenvalue weighted by atomic mass is 32.2. The van der Waals surface area contributed by atoms with Gasteiger partial charge in [-0.1, -0.05) is 54.6 Å². The summed E-state index contributed by atoms with van der Waals surface area (Å²) in [5.41, 5.74) is 9.46. The Morgan fingerprint density at radius 3 is 2.37 bits per heavy atom. The Balaban J connectivity index is 1.97. The lowest BCUT2D eigenvalue weighted by molar-refractivity contribution is 0.674. The van der Waals surface area contributed by atoms with E-state index in [1.807, 2.05) is 61.5 Å². The normalized spacial score (nSPS) is 14.0. The second kappa shape index (κ2) is 6.64. The first-order valence-corrected chi connectivity index (χ1v) is 7.85. The molecule has 0 bridgehead atoms. The number of nitrogens with two attached hydrogens (primary N) is 1. The molecule has 2 aromatic carbocycles. The Labute approximate surface area is 117 Å². The molecule has 0 aliphatic carbocycles. The molecule has 0 aliphatic heterocycles. The average Bonchev–Trinajstić information content (AvgIpc) is 2.42. The molecule has 2 aromatic rings. The number of hydrogen-bond donors (Lipinski definition) is 1. The van der Waals surface area contributed by atoms with Gasteiger partial charge in [0.05, 0.1) is 0 Å². The zero-order valence-electron chi connectivity index (χ0n) is 11.1. The van der Waals surface area contributed by atoms with E-state index in [2.05, 4.69) is 0 Å². The SMILES string of the molecule is Cc1ccccc1CS(=O)CC(N)c1ccccc1. The third kappa shape index (κ3) is 4.01. The van der Waals surface area contributed by atoms with Crippen molar-refractivity contribution < 1.29 is 4.21 Å². The molecule has 19 heavy (non-hydrogen) atoms. The Morgan fingerprint density at radius 2 is 1.68 bits per heavy atom. The summed E-state index contributed by atoms with van der Waals surface area (Å²) in [7, 11) is -0.937. The van der Waals surface area contributed by atoms with Crippen molar-refractivity contribution >= 4 is 10.8 Å². The van der Waals surface area contributed by atoms with Gasteiger partial charge >= 0.3 is 0 Å². The van der Waals surface area contributed by atoms with Crippen molar-refractivity contribution in [1.82, 2.24) is 0 Å². The summed E-state index contributed by atoms with van der Waals surface area (Å²) in [5, 5.41) is 0. The van der Waals surface area contributed by atoms with Crippen LogP contribution in [0.15, 0.2) is 54.6 Å². The minimum absolute atomic E-state index is 0.161. The lowest BCUT2D eigenvalue weighted by Crippen LogP contribution is -2.19. The monoisotopic (exact) mass is 273 g/mol. The first-order chi connectivity index (χ1) is 9.16. The molecule has 0 radical (unpaired) electrons. The van der Waals surface area contributed by atoms with E-state index in [0.29, 0.717) is 11.5 Å². The quantitative estimate of drug-likeness (QED) is 0.910. The van der Waals surface area contributed by atoms with Gasteiger partial charge in [0, 0.05) is 28.3 Å². The Kier molecular flexibility index (Phi) is 4.88. The Morgan fingerprint density at radius 1 is 1.05 bits per heavy atom. The van der Waals surface area contributed by atoms with Crippen molar-refractivity contribution in [2.24, 2.45) is 5.73 Å². The van der Waals surface area contributed by atoms with Gasteiger partial charge in [-0.2, -0.15) is 0 Å². The molecule has 0 saturated carbocycles. The third-order valence-corrected chi connectivity index (χ3v) is 4.53. The van der Waals surface area contributed by atoms with Gasteiger partial charge in [-0.05, 0) is 23.6 Å². The Bertz CT molecular complexity index is 554. The van der Waals surface area contributed by atoms with E-state index in [-0.39, 0.29) is 6.04 Å². The lowest BCUT2D eigenvalue weighted by atomic mass is 10.1. The molecule has 0 spiro atoms. The van der Waals surface area contributed by atoms with Crippen LogP contribution in [0, 0.1) is 6.92 Å². The molecule has 0 aromatic heterocycles. The molecule has 0 heterocycles. The van der Waals surface area contributed by atoms with Crippen molar-refractivity contribution in [2.45, 2.75) is 18.7 Å². The zero-order valence-corrected chi connectivity index (χ0v) is 11.9. The molecule has 2 unspecified atom stereocenters. The maximum Gasteiger partial charge on any atom is 0.0489 e. The number of hydrogen-bond acceptors (Lipinski definition) is 2. The van der Waals surface area contributed by atoms with Gasteiger partial charge in [-0.3, -0.25) is 4.21 Å². The number of aryl methyl sites for hydroxylation is 1. The minimum atomic E-state index is -0.937. The summed E-state index contributed by atoms with van der Waals surface area (Å²) in [6, 6.07) is 17.7. The van der Waals surface area contributed by atoms with E-state index < -0.39 is 10.8 Å². The zero-order chi connectivity index (χ0) is 13.7. The molecule has 2 atom stereocenters. The van der Waals surface area contributed by atoms with E-state index >= 15 is 0 Å². The highest BCUT2D eigenvalue weighted by molar-refractivity contribution is 7.84. The summed E-state index contributed by atoms with van der Waals surface area (Å²) in [4.78, 5) is 0. The van der Waals surface area contributed by atoms with Crippen LogP contribution >= 0.6 is 0 Å². The molecule has 0 amide bonds. The maximum absolute atomic E-state index is 12.2. The molecule has 2 N–H and O–H groups in total. The molecule has 2 rings (SSSR count). The van der Waals surface area contributed by atoms with Crippen LogP contribution in [0.25, 0.3) is 0 Å². The van der Waals surface area contributed by atoms with E-state index in [9.17, 15) is 4.21 Å². The lowest BCUT2D eigenvalue weighted by Gasteiger charge is -2.12. The summed E-state index contributed by atoms with van der Waals surface area (Å²) in [5.74, 6) is 1.07. The highest BCUT2D eigenvalue weighted by Crippen LogP contribution is 2.14. The van der Waals surface area contributed by atoms with Gasteiger partial charge in [-0.15, -0.1) is 0 Å². The first kappa shape index (κ1) is 14.0. The van der Waals surface area contributed by atoms with E-state index in [1.165, 1.54) is 5.56 Å². The fourth-order valence-corrected chi connectivity index (χ4v) is 3.38. The molecule has 3 heteroatoms. The first-order valence-electron chi connectivity index (χ1n) is 6.37. The van der Waals surface area contributed by atoms with Crippen molar-refractivity contribution in [3.8, 4) is 0 Å². The van der Waals surface area contributed by atoms with Gasteiger partial charge in [0.25, 0.3) is 0 Å². The van der Waals surface area contributed by atoms with Crippen LogP contribution in [0.5, 0.6) is 0 Å². The minimum Gasteiger partial charge on any atom is -0.323 e. The largest absolute Gasteiger partial charge is 0.323 e.